The Hall–Kier alpha value is -0.380. The van der Waals surface area contributed by atoms with Crippen molar-refractivity contribution >= 4 is 11.3 Å². The summed E-state index contributed by atoms with van der Waals surface area (Å²) in [5.41, 5.74) is 1.39. The van der Waals surface area contributed by atoms with E-state index in [1.807, 2.05) is 11.3 Å². The molecule has 1 aromatic rings. The van der Waals surface area contributed by atoms with Crippen LogP contribution in [-0.2, 0) is 4.74 Å². The number of aryl methyl sites for hydroxylation is 1. The van der Waals surface area contributed by atoms with Crippen LogP contribution in [-0.4, -0.2) is 31.2 Å². The first kappa shape index (κ1) is 11.1. The molecular weight excluding hydrogens is 206 g/mol. The van der Waals surface area contributed by atoms with Crippen molar-refractivity contribution in [2.45, 2.75) is 26.3 Å². The Balaban J connectivity index is 2.08. The molecule has 1 aromatic heterocycles. The molecule has 0 N–H and O–H groups in total. The van der Waals surface area contributed by atoms with Gasteiger partial charge in [0.15, 0.2) is 0 Å². The minimum Gasteiger partial charge on any atom is -0.379 e. The first-order chi connectivity index (χ1) is 7.31. The van der Waals surface area contributed by atoms with Crippen LogP contribution in [0.1, 0.15) is 29.8 Å². The second-order valence-corrected chi connectivity index (χ2v) is 5.04. The highest BCUT2D eigenvalue weighted by Gasteiger charge is 2.21. The van der Waals surface area contributed by atoms with Crippen LogP contribution >= 0.6 is 11.3 Å². The third-order valence-corrected chi connectivity index (χ3v) is 4.10. The number of nitrogens with zero attached hydrogens (tertiary/aromatic N) is 1. The highest BCUT2D eigenvalue weighted by Crippen LogP contribution is 2.29. The molecule has 0 saturated carbocycles. The van der Waals surface area contributed by atoms with E-state index in [0.717, 1.165) is 26.3 Å². The fourth-order valence-electron chi connectivity index (χ4n) is 2.16. The molecule has 0 aromatic carbocycles. The summed E-state index contributed by atoms with van der Waals surface area (Å²) in [7, 11) is 0. The Morgan fingerprint density at radius 3 is 2.73 bits per heavy atom. The molecule has 0 radical (unpaired) electrons. The summed E-state index contributed by atoms with van der Waals surface area (Å²) in [6.07, 6.45) is 1.19. The summed E-state index contributed by atoms with van der Waals surface area (Å²) in [5.74, 6) is 0. The maximum Gasteiger partial charge on any atom is 0.0594 e. The van der Waals surface area contributed by atoms with Gasteiger partial charge in [0.1, 0.15) is 0 Å². The minimum absolute atomic E-state index is 0.604. The van der Waals surface area contributed by atoms with Crippen LogP contribution in [0.4, 0.5) is 0 Å². The van der Waals surface area contributed by atoms with Crippen molar-refractivity contribution in [2.24, 2.45) is 0 Å². The number of morpholine rings is 1. The third kappa shape index (κ3) is 2.60. The lowest BCUT2D eigenvalue weighted by Gasteiger charge is -2.33. The minimum atomic E-state index is 0.604. The molecule has 1 saturated heterocycles. The van der Waals surface area contributed by atoms with E-state index >= 15 is 0 Å². The van der Waals surface area contributed by atoms with Crippen LogP contribution in [0, 0.1) is 6.92 Å². The van der Waals surface area contributed by atoms with E-state index in [9.17, 15) is 0 Å². The largest absolute Gasteiger partial charge is 0.379 e. The van der Waals surface area contributed by atoms with E-state index in [1.165, 1.54) is 16.9 Å². The molecule has 2 rings (SSSR count). The molecule has 84 valence electrons. The molecule has 0 aliphatic carbocycles. The molecule has 1 atom stereocenters. The van der Waals surface area contributed by atoms with Gasteiger partial charge in [0, 0.05) is 24.0 Å². The predicted molar refractivity (Wildman–Crippen MR) is 64.5 cm³/mol. The van der Waals surface area contributed by atoms with E-state index in [1.54, 1.807) is 0 Å². The van der Waals surface area contributed by atoms with Crippen LogP contribution in [0.2, 0.25) is 0 Å². The fraction of sp³-hybridized carbons (Fsp3) is 0.667. The van der Waals surface area contributed by atoms with Crippen molar-refractivity contribution < 1.29 is 4.74 Å². The first-order valence-electron chi connectivity index (χ1n) is 5.68. The molecule has 1 aliphatic heterocycles. The van der Waals surface area contributed by atoms with Gasteiger partial charge in [-0.3, -0.25) is 4.90 Å². The molecule has 1 unspecified atom stereocenters. The van der Waals surface area contributed by atoms with Crippen LogP contribution in [0.15, 0.2) is 11.4 Å². The van der Waals surface area contributed by atoms with Gasteiger partial charge in [0.05, 0.1) is 13.2 Å². The van der Waals surface area contributed by atoms with Gasteiger partial charge in [-0.05, 0) is 30.4 Å². The summed E-state index contributed by atoms with van der Waals surface area (Å²) in [6, 6.07) is 2.93. The molecule has 0 bridgehead atoms. The zero-order valence-electron chi connectivity index (χ0n) is 9.53. The normalized spacial score (nSPS) is 20.4. The van der Waals surface area contributed by atoms with E-state index < -0.39 is 0 Å². The fourth-order valence-corrected chi connectivity index (χ4v) is 3.27. The molecule has 15 heavy (non-hydrogen) atoms. The number of hydrogen-bond acceptors (Lipinski definition) is 3. The summed E-state index contributed by atoms with van der Waals surface area (Å²) in [6.45, 7) is 8.38. The van der Waals surface area contributed by atoms with E-state index in [-0.39, 0.29) is 0 Å². The third-order valence-electron chi connectivity index (χ3n) is 2.95. The Morgan fingerprint density at radius 1 is 1.47 bits per heavy atom. The molecule has 2 heterocycles. The lowest BCUT2D eigenvalue weighted by atomic mass is 10.1. The summed E-state index contributed by atoms with van der Waals surface area (Å²) in [4.78, 5) is 4.06. The quantitative estimate of drug-likeness (QED) is 0.784. The topological polar surface area (TPSA) is 12.5 Å². The second kappa shape index (κ2) is 5.10. The smallest absolute Gasteiger partial charge is 0.0594 e. The van der Waals surface area contributed by atoms with Gasteiger partial charge in [-0.1, -0.05) is 6.92 Å². The second-order valence-electron chi connectivity index (χ2n) is 4.10. The molecule has 0 amide bonds. The van der Waals surface area contributed by atoms with Gasteiger partial charge in [0.25, 0.3) is 0 Å². The van der Waals surface area contributed by atoms with Crippen molar-refractivity contribution in [3.05, 3.63) is 21.9 Å². The predicted octanol–water partition coefficient (Wildman–Crippen LogP) is 2.84. The Labute approximate surface area is 95.9 Å². The molecule has 3 heteroatoms. The Morgan fingerprint density at radius 2 is 2.20 bits per heavy atom. The Kier molecular flexibility index (Phi) is 3.78. The van der Waals surface area contributed by atoms with Gasteiger partial charge < -0.3 is 4.74 Å². The monoisotopic (exact) mass is 225 g/mol. The van der Waals surface area contributed by atoms with Gasteiger partial charge in [0.2, 0.25) is 0 Å². The lowest BCUT2D eigenvalue weighted by Crippen LogP contribution is -2.38. The van der Waals surface area contributed by atoms with Crippen molar-refractivity contribution in [1.29, 1.82) is 0 Å². The van der Waals surface area contributed by atoms with Crippen molar-refractivity contribution in [1.82, 2.24) is 4.90 Å². The zero-order valence-corrected chi connectivity index (χ0v) is 10.3. The molecule has 0 spiro atoms. The van der Waals surface area contributed by atoms with Crippen LogP contribution in [0.5, 0.6) is 0 Å². The number of rotatable bonds is 3. The van der Waals surface area contributed by atoms with Crippen LogP contribution < -0.4 is 0 Å². The highest BCUT2D eigenvalue weighted by molar-refractivity contribution is 7.10. The lowest BCUT2D eigenvalue weighted by molar-refractivity contribution is 0.0160. The zero-order chi connectivity index (χ0) is 10.7. The first-order valence-corrected chi connectivity index (χ1v) is 6.56. The van der Waals surface area contributed by atoms with Gasteiger partial charge in [-0.2, -0.15) is 0 Å². The number of thiophene rings is 1. The molecule has 1 fully saturated rings. The SMILES string of the molecule is CCC(c1cc(C)cs1)N1CCOCC1. The van der Waals surface area contributed by atoms with Gasteiger partial charge >= 0.3 is 0 Å². The van der Waals surface area contributed by atoms with Gasteiger partial charge in [-0.25, -0.2) is 0 Å². The summed E-state index contributed by atoms with van der Waals surface area (Å²) in [5, 5.41) is 2.25. The summed E-state index contributed by atoms with van der Waals surface area (Å²) >= 11 is 1.89. The molecule has 1 aliphatic rings. The van der Waals surface area contributed by atoms with Crippen LogP contribution in [0.3, 0.4) is 0 Å². The number of ether oxygens (including phenoxy) is 1. The van der Waals surface area contributed by atoms with E-state index in [4.69, 9.17) is 4.74 Å². The van der Waals surface area contributed by atoms with Gasteiger partial charge in [-0.15, -0.1) is 11.3 Å². The van der Waals surface area contributed by atoms with Crippen molar-refractivity contribution in [3.8, 4) is 0 Å². The average Bonchev–Trinajstić information content (AvgIpc) is 2.68. The van der Waals surface area contributed by atoms with Crippen LogP contribution in [0.25, 0.3) is 0 Å². The average molecular weight is 225 g/mol. The standard InChI is InChI=1S/C12H19NOS/c1-3-11(12-8-10(2)9-15-12)13-4-6-14-7-5-13/h8-9,11H,3-7H2,1-2H3. The summed E-state index contributed by atoms with van der Waals surface area (Å²) < 4.78 is 5.40. The number of hydrogen-bond donors (Lipinski definition) is 0. The van der Waals surface area contributed by atoms with E-state index in [2.05, 4.69) is 30.2 Å². The molecule has 2 nitrogen and oxygen atoms in total. The van der Waals surface area contributed by atoms with Crippen molar-refractivity contribution in [2.75, 3.05) is 26.3 Å². The molecular formula is C12H19NOS. The van der Waals surface area contributed by atoms with Crippen molar-refractivity contribution in [3.63, 3.8) is 0 Å². The maximum atomic E-state index is 5.40. The van der Waals surface area contributed by atoms with E-state index in [0.29, 0.717) is 6.04 Å². The Bertz CT molecular complexity index is 304. The maximum absolute atomic E-state index is 5.40. The highest BCUT2D eigenvalue weighted by atomic mass is 32.1.